The Morgan fingerprint density at radius 3 is 1.56 bits per heavy atom. The number of carbonyl (C=O) groups excluding carboxylic acids is 4. The highest BCUT2D eigenvalue weighted by atomic mass is 16.5. The van der Waals surface area contributed by atoms with E-state index in [0.717, 1.165) is 44.9 Å². The van der Waals surface area contributed by atoms with Crippen LogP contribution in [0.4, 0.5) is 0 Å². The van der Waals surface area contributed by atoms with Gasteiger partial charge in [0.15, 0.2) is 0 Å². The van der Waals surface area contributed by atoms with Crippen LogP contribution in [-0.2, 0) is 33.4 Å². The lowest BCUT2D eigenvalue weighted by Gasteiger charge is -2.26. The lowest BCUT2D eigenvalue weighted by molar-refractivity contribution is -0.154. The van der Waals surface area contributed by atoms with Crippen LogP contribution in [-0.4, -0.2) is 61.1 Å². The second-order valence-electron chi connectivity index (χ2n) is 11.0. The zero-order valence-electron chi connectivity index (χ0n) is 26.6. The zero-order valence-corrected chi connectivity index (χ0v) is 26.6. The summed E-state index contributed by atoms with van der Waals surface area (Å²) >= 11 is 0. The molecule has 0 aliphatic carbocycles. The van der Waals surface area contributed by atoms with Crippen molar-refractivity contribution < 1.29 is 33.4 Å². The van der Waals surface area contributed by atoms with E-state index in [0.29, 0.717) is 26.2 Å². The topological polar surface area (TPSA) is 99.2 Å². The summed E-state index contributed by atoms with van der Waals surface area (Å²) in [6.07, 6.45) is 14.9. The van der Waals surface area contributed by atoms with E-state index in [1.165, 1.54) is 44.6 Å². The van der Waals surface area contributed by atoms with Gasteiger partial charge >= 0.3 is 17.9 Å². The molecule has 0 heterocycles. The molecule has 0 aliphatic heterocycles. The van der Waals surface area contributed by atoms with E-state index in [1.807, 2.05) is 13.8 Å². The van der Waals surface area contributed by atoms with E-state index in [-0.39, 0.29) is 31.7 Å². The average Bonchev–Trinajstić information content (AvgIpc) is 2.94. The Morgan fingerprint density at radius 2 is 1.12 bits per heavy atom. The number of rotatable bonds is 27. The molecule has 0 saturated heterocycles. The molecule has 1 atom stereocenters. The van der Waals surface area contributed by atoms with Crippen molar-refractivity contribution in [1.82, 2.24) is 4.90 Å². The Kier molecular flexibility index (Phi) is 25.0. The predicted molar refractivity (Wildman–Crippen MR) is 163 cm³/mol. The average molecular weight is 582 g/mol. The maximum atomic E-state index is 12.9. The molecule has 1 amide bonds. The van der Waals surface area contributed by atoms with Gasteiger partial charge in [0.2, 0.25) is 5.91 Å². The summed E-state index contributed by atoms with van der Waals surface area (Å²) in [7, 11) is 0. The minimum absolute atomic E-state index is 0.0508. The SMILES string of the molecule is C=CC(=O)N(CCC)C[C@@H](CC)OC(=O)CC(CC(=O)OCCCCCCCC)CC(=O)OCCCCCCCC. The lowest BCUT2D eigenvalue weighted by Crippen LogP contribution is -2.39. The number of ether oxygens (including phenoxy) is 3. The Bertz CT molecular complexity index is 692. The molecular weight excluding hydrogens is 522 g/mol. The van der Waals surface area contributed by atoms with E-state index in [1.54, 1.807) is 4.90 Å². The summed E-state index contributed by atoms with van der Waals surface area (Å²) < 4.78 is 16.5. The van der Waals surface area contributed by atoms with E-state index < -0.39 is 29.9 Å². The first-order valence-electron chi connectivity index (χ1n) is 16.2. The van der Waals surface area contributed by atoms with Crippen LogP contribution >= 0.6 is 0 Å². The molecule has 0 fully saturated rings. The van der Waals surface area contributed by atoms with Gasteiger partial charge in [0, 0.05) is 25.8 Å². The summed E-state index contributed by atoms with van der Waals surface area (Å²) in [6.45, 7) is 13.2. The normalized spacial score (nSPS) is 11.6. The first-order chi connectivity index (χ1) is 19.8. The number of hydrogen-bond donors (Lipinski definition) is 0. The standard InChI is InChI=1S/C33H59NO7/c1-6-11-13-15-17-19-22-39-31(36)24-28(25-32(37)40-23-20-18-16-14-12-7-2)26-33(38)41-29(9-4)27-34(21-8-3)30(35)10-5/h10,28-29H,5-9,11-27H2,1-4H3/t29-/m1/s1. The maximum Gasteiger partial charge on any atom is 0.306 e. The molecule has 41 heavy (non-hydrogen) atoms. The van der Waals surface area contributed by atoms with Gasteiger partial charge < -0.3 is 19.1 Å². The van der Waals surface area contributed by atoms with Crippen LogP contribution in [0.5, 0.6) is 0 Å². The highest BCUT2D eigenvalue weighted by Crippen LogP contribution is 2.19. The van der Waals surface area contributed by atoms with Crippen molar-refractivity contribution in [3.05, 3.63) is 12.7 Å². The molecule has 8 nitrogen and oxygen atoms in total. The van der Waals surface area contributed by atoms with Crippen LogP contribution in [0.25, 0.3) is 0 Å². The smallest absolute Gasteiger partial charge is 0.306 e. The Balaban J connectivity index is 4.96. The van der Waals surface area contributed by atoms with Crippen molar-refractivity contribution >= 4 is 23.8 Å². The molecular formula is C33H59NO7. The Morgan fingerprint density at radius 1 is 0.659 bits per heavy atom. The highest BCUT2D eigenvalue weighted by molar-refractivity contribution is 5.87. The van der Waals surface area contributed by atoms with E-state index >= 15 is 0 Å². The zero-order chi connectivity index (χ0) is 30.7. The van der Waals surface area contributed by atoms with Crippen LogP contribution in [0.1, 0.15) is 137 Å². The van der Waals surface area contributed by atoms with E-state index in [9.17, 15) is 19.2 Å². The maximum absolute atomic E-state index is 12.9. The van der Waals surface area contributed by atoms with Gasteiger partial charge in [0.25, 0.3) is 0 Å². The number of hydrogen-bond acceptors (Lipinski definition) is 7. The minimum atomic E-state index is -0.573. The van der Waals surface area contributed by atoms with Gasteiger partial charge in [-0.1, -0.05) is 98.5 Å². The summed E-state index contributed by atoms with van der Waals surface area (Å²) in [4.78, 5) is 51.8. The highest BCUT2D eigenvalue weighted by Gasteiger charge is 2.26. The van der Waals surface area contributed by atoms with Crippen molar-refractivity contribution in [3.8, 4) is 0 Å². The van der Waals surface area contributed by atoms with E-state index in [4.69, 9.17) is 14.2 Å². The summed E-state index contributed by atoms with van der Waals surface area (Å²) in [6, 6.07) is 0. The van der Waals surface area contributed by atoms with E-state index in [2.05, 4.69) is 20.4 Å². The van der Waals surface area contributed by atoms with Crippen LogP contribution in [0.3, 0.4) is 0 Å². The van der Waals surface area contributed by atoms with Crippen LogP contribution in [0, 0.1) is 5.92 Å². The van der Waals surface area contributed by atoms with Gasteiger partial charge in [-0.2, -0.15) is 0 Å². The van der Waals surface area contributed by atoms with Crippen molar-refractivity contribution in [2.24, 2.45) is 5.92 Å². The molecule has 0 aromatic heterocycles. The molecule has 0 aliphatic rings. The van der Waals surface area contributed by atoms with Crippen LogP contribution in [0.2, 0.25) is 0 Å². The number of amides is 1. The molecule has 0 rings (SSSR count). The van der Waals surface area contributed by atoms with Crippen LogP contribution < -0.4 is 0 Å². The van der Waals surface area contributed by atoms with Gasteiger partial charge in [0.05, 0.1) is 19.8 Å². The third-order valence-corrected chi connectivity index (χ3v) is 7.05. The molecule has 0 aromatic carbocycles. The van der Waals surface area contributed by atoms with Crippen LogP contribution in [0.15, 0.2) is 12.7 Å². The molecule has 0 aromatic rings. The molecule has 0 bridgehead atoms. The molecule has 0 unspecified atom stereocenters. The molecule has 0 radical (unpaired) electrons. The minimum Gasteiger partial charge on any atom is -0.466 e. The molecule has 238 valence electrons. The Hall–Kier alpha value is -2.38. The molecule has 8 heteroatoms. The number of unbranched alkanes of at least 4 members (excludes halogenated alkanes) is 10. The lowest BCUT2D eigenvalue weighted by atomic mass is 9.97. The third-order valence-electron chi connectivity index (χ3n) is 7.05. The van der Waals surface area contributed by atoms with Gasteiger partial charge in [0.1, 0.15) is 6.10 Å². The summed E-state index contributed by atoms with van der Waals surface area (Å²) in [5.41, 5.74) is 0. The van der Waals surface area contributed by atoms with Gasteiger partial charge in [-0.05, 0) is 37.7 Å². The monoisotopic (exact) mass is 581 g/mol. The second-order valence-corrected chi connectivity index (χ2v) is 11.0. The summed E-state index contributed by atoms with van der Waals surface area (Å²) in [5.74, 6) is -2.12. The molecule has 0 N–H and O–H groups in total. The van der Waals surface area contributed by atoms with Gasteiger partial charge in [-0.25, -0.2) is 0 Å². The fraction of sp³-hybridized carbons (Fsp3) is 0.818. The number of esters is 3. The first kappa shape index (κ1) is 38.6. The van der Waals surface area contributed by atoms with Crippen molar-refractivity contribution in [1.29, 1.82) is 0 Å². The van der Waals surface area contributed by atoms with Crippen molar-refractivity contribution in [2.75, 3.05) is 26.3 Å². The second kappa shape index (κ2) is 26.5. The fourth-order valence-electron chi connectivity index (χ4n) is 4.60. The van der Waals surface area contributed by atoms with Gasteiger partial charge in [-0.15, -0.1) is 0 Å². The third kappa shape index (κ3) is 22.0. The Labute approximate surface area is 249 Å². The quantitative estimate of drug-likeness (QED) is 0.0433. The summed E-state index contributed by atoms with van der Waals surface area (Å²) in [5, 5.41) is 0. The number of nitrogens with zero attached hydrogens (tertiary/aromatic N) is 1. The van der Waals surface area contributed by atoms with Crippen molar-refractivity contribution in [3.63, 3.8) is 0 Å². The van der Waals surface area contributed by atoms with Crippen molar-refractivity contribution in [2.45, 2.75) is 143 Å². The fourth-order valence-corrected chi connectivity index (χ4v) is 4.60. The molecule has 0 saturated carbocycles. The predicted octanol–water partition coefficient (Wildman–Crippen LogP) is 7.33. The largest absolute Gasteiger partial charge is 0.466 e. The number of carbonyl (C=O) groups is 4. The first-order valence-corrected chi connectivity index (χ1v) is 16.2. The molecule has 0 spiro atoms. The van der Waals surface area contributed by atoms with Gasteiger partial charge in [-0.3, -0.25) is 19.2 Å².